The molecule has 2 saturated heterocycles. The Morgan fingerprint density at radius 2 is 1.55 bits per heavy atom. The summed E-state index contributed by atoms with van der Waals surface area (Å²) in [5.41, 5.74) is -1.30. The lowest BCUT2D eigenvalue weighted by Gasteiger charge is -2.67. The Kier molecular flexibility index (Phi) is 13.0. The highest BCUT2D eigenvalue weighted by Gasteiger charge is 2.70. The van der Waals surface area contributed by atoms with Crippen LogP contribution in [0.1, 0.15) is 107 Å². The van der Waals surface area contributed by atoms with E-state index in [9.17, 15) is 56.1 Å². The average Bonchev–Trinajstić information content (AvgIpc) is 3.41. The third-order valence-electron chi connectivity index (χ3n) is 16.8. The molecule has 0 radical (unpaired) electrons. The molecule has 0 aromatic rings. The van der Waals surface area contributed by atoms with Gasteiger partial charge in [0.15, 0.2) is 24.8 Å². The Balaban J connectivity index is 1.18. The molecule has 4 aliphatic carbocycles. The lowest BCUT2D eigenvalue weighted by atomic mass is 9.38. The van der Waals surface area contributed by atoms with Gasteiger partial charge in [0.2, 0.25) is 0 Å². The Hall–Kier alpha value is -1.38. The Bertz CT molecular complexity index is 1500. The minimum absolute atomic E-state index is 0.0288. The van der Waals surface area contributed by atoms with E-state index >= 15 is 0 Å². The van der Waals surface area contributed by atoms with Crippen LogP contribution < -0.4 is 0 Å². The number of allylic oxidation sites excluding steroid dienone is 1. The van der Waals surface area contributed by atoms with Gasteiger partial charge in [-0.3, -0.25) is 10.1 Å². The number of aliphatic hydroxyl groups is 9. The molecule has 16 nitrogen and oxygen atoms in total. The van der Waals surface area contributed by atoms with Gasteiger partial charge < -0.3 is 64.9 Å². The molecule has 5 fully saturated rings. The summed E-state index contributed by atoms with van der Waals surface area (Å²) >= 11 is 0. The zero-order valence-corrected chi connectivity index (χ0v) is 35.4. The SMILES string of the molecule is C[C@H](CC[C@@H](O)C(C)(C)O)C1CC[C@@]2(C)C3CC=C4C(CC[C@H](O[C@@H]5O[C@H](CO[C@@H]6O[C@H](CO)[C@@H](O)[C@H](O)[C@H]6O)[C@@H](O)[C@H]([N+](=O)[O-])[C@H]5O)C4(C)C)[C@]3(C)[C@H](O)C[C@]12C. The van der Waals surface area contributed by atoms with E-state index in [0.717, 1.165) is 31.3 Å². The van der Waals surface area contributed by atoms with Crippen LogP contribution in [0.4, 0.5) is 0 Å². The zero-order chi connectivity index (χ0) is 43.1. The number of ether oxygens (including phenoxy) is 4. The van der Waals surface area contributed by atoms with Crippen LogP contribution in [0.3, 0.4) is 0 Å². The summed E-state index contributed by atoms with van der Waals surface area (Å²) in [7, 11) is 0. The van der Waals surface area contributed by atoms with E-state index in [0.29, 0.717) is 37.5 Å². The van der Waals surface area contributed by atoms with Crippen LogP contribution in [-0.2, 0) is 18.9 Å². The van der Waals surface area contributed by atoms with E-state index in [4.69, 9.17) is 18.9 Å². The van der Waals surface area contributed by atoms with Gasteiger partial charge in [-0.1, -0.05) is 53.2 Å². The van der Waals surface area contributed by atoms with Crippen molar-refractivity contribution < 1.29 is 69.8 Å². The summed E-state index contributed by atoms with van der Waals surface area (Å²) in [5, 5.41) is 108. The van der Waals surface area contributed by atoms with Crippen molar-refractivity contribution in [3.8, 4) is 0 Å². The van der Waals surface area contributed by atoms with Crippen LogP contribution >= 0.6 is 0 Å². The lowest BCUT2D eigenvalue weighted by molar-refractivity contribution is -0.566. The summed E-state index contributed by atoms with van der Waals surface area (Å²) in [6, 6.07) is -1.91. The normalized spacial score (nSPS) is 48.9. The van der Waals surface area contributed by atoms with E-state index < -0.39 is 114 Å². The number of nitrogens with zero attached hydrogens (tertiary/aromatic N) is 1. The first-order valence-electron chi connectivity index (χ1n) is 21.4. The first-order chi connectivity index (χ1) is 26.9. The lowest BCUT2D eigenvalue weighted by Crippen LogP contribution is -2.65. The third-order valence-corrected chi connectivity index (χ3v) is 16.8. The molecular weight excluding hydrogens is 758 g/mol. The maximum Gasteiger partial charge on any atom is 0.271 e. The van der Waals surface area contributed by atoms with Gasteiger partial charge in [-0.25, -0.2) is 0 Å². The minimum Gasteiger partial charge on any atom is -0.394 e. The van der Waals surface area contributed by atoms with Crippen molar-refractivity contribution >= 4 is 0 Å². The van der Waals surface area contributed by atoms with E-state index in [1.165, 1.54) is 0 Å². The molecule has 6 rings (SSSR count). The fourth-order valence-electron chi connectivity index (χ4n) is 12.8. The van der Waals surface area contributed by atoms with Crippen LogP contribution in [0.15, 0.2) is 11.6 Å². The molecular formula is C42H71NO15. The number of hydrogen-bond acceptors (Lipinski definition) is 15. The summed E-state index contributed by atoms with van der Waals surface area (Å²) in [4.78, 5) is 11.4. The number of nitro groups is 1. The topological polar surface area (TPSA) is 262 Å². The predicted molar refractivity (Wildman–Crippen MR) is 207 cm³/mol. The summed E-state index contributed by atoms with van der Waals surface area (Å²) in [6.45, 7) is 15.4. The van der Waals surface area contributed by atoms with Gasteiger partial charge in [0.1, 0.15) is 30.5 Å². The molecule has 0 amide bonds. The van der Waals surface area contributed by atoms with Crippen molar-refractivity contribution in [2.75, 3.05) is 13.2 Å². The number of hydrogen-bond donors (Lipinski definition) is 9. The number of rotatable bonds is 12. The average molecular weight is 830 g/mol. The summed E-state index contributed by atoms with van der Waals surface area (Å²) < 4.78 is 23.4. The quantitative estimate of drug-likeness (QED) is 0.0765. The van der Waals surface area contributed by atoms with Crippen LogP contribution in [-0.4, -0.2) is 149 Å². The minimum atomic E-state index is -1.91. The first kappa shape index (κ1) is 46.1. The fourth-order valence-corrected chi connectivity index (χ4v) is 12.8. The van der Waals surface area contributed by atoms with Crippen molar-refractivity contribution in [1.29, 1.82) is 0 Å². The molecule has 334 valence electrons. The van der Waals surface area contributed by atoms with Crippen LogP contribution in [0.25, 0.3) is 0 Å². The molecule has 20 atom stereocenters. The maximum absolute atomic E-state index is 12.4. The van der Waals surface area contributed by atoms with E-state index in [1.54, 1.807) is 13.8 Å². The zero-order valence-electron chi connectivity index (χ0n) is 35.4. The van der Waals surface area contributed by atoms with Gasteiger partial charge in [0.05, 0.1) is 37.1 Å². The highest BCUT2D eigenvalue weighted by molar-refractivity contribution is 5.32. The van der Waals surface area contributed by atoms with Crippen molar-refractivity contribution in [1.82, 2.24) is 0 Å². The fraction of sp³-hybridized carbons (Fsp3) is 0.952. The van der Waals surface area contributed by atoms with Gasteiger partial charge in [0, 0.05) is 15.8 Å². The van der Waals surface area contributed by atoms with Crippen LogP contribution in [0, 0.1) is 55.4 Å². The first-order valence-corrected chi connectivity index (χ1v) is 21.4. The summed E-state index contributed by atoms with van der Waals surface area (Å²) in [6.07, 6.45) is -8.29. The van der Waals surface area contributed by atoms with Gasteiger partial charge in [-0.05, 0) is 99.7 Å². The monoisotopic (exact) mass is 829 g/mol. The second kappa shape index (κ2) is 16.4. The Labute approximate surface area is 341 Å². The number of fused-ring (bicyclic) bond motifs is 5. The highest BCUT2D eigenvalue weighted by atomic mass is 16.7. The maximum atomic E-state index is 12.4. The van der Waals surface area contributed by atoms with E-state index in [1.807, 2.05) is 13.8 Å². The molecule has 16 heteroatoms. The molecule has 2 heterocycles. The smallest absolute Gasteiger partial charge is 0.271 e. The summed E-state index contributed by atoms with van der Waals surface area (Å²) in [5.74, 6) is 0.881. The molecule has 2 aliphatic heterocycles. The molecule has 3 unspecified atom stereocenters. The molecule has 6 aliphatic rings. The second-order valence-corrected chi connectivity index (χ2v) is 20.5. The molecule has 3 saturated carbocycles. The van der Waals surface area contributed by atoms with Crippen LogP contribution in [0.2, 0.25) is 0 Å². The third kappa shape index (κ3) is 7.51. The van der Waals surface area contributed by atoms with Gasteiger partial charge in [-0.2, -0.15) is 0 Å². The number of aliphatic hydroxyl groups excluding tert-OH is 8. The standard InChI is InChI=1S/C42H71NO15/c1-20(9-13-27(45)39(4,5)52)21-15-16-40(6)26-12-10-22-23(42(26,8)28(46)17-41(21,40)7)11-14-29(38(22,2)3)58-37-33(49)30(43(53)54)31(47)25(57-37)19-55-36-35(51)34(50)32(48)24(18-44)56-36/h10,20-21,23-37,44-52H,9,11-19H2,1-8H3/t20-,21?,23?,24-,25-,26?,27-,28-,29+,30+,31-,32-,33-,34+,35-,36-,37+,40+,41-,42+/m1/s1. The van der Waals surface area contributed by atoms with Crippen LogP contribution in [0.5, 0.6) is 0 Å². The van der Waals surface area contributed by atoms with Crippen molar-refractivity contribution in [3.63, 3.8) is 0 Å². The van der Waals surface area contributed by atoms with E-state index in [-0.39, 0.29) is 22.7 Å². The molecule has 9 N–H and O–H groups in total. The van der Waals surface area contributed by atoms with Gasteiger partial charge in [0.25, 0.3) is 6.04 Å². The largest absolute Gasteiger partial charge is 0.394 e. The Morgan fingerprint density at radius 3 is 2.17 bits per heavy atom. The predicted octanol–water partition coefficient (Wildman–Crippen LogP) is 1.40. The van der Waals surface area contributed by atoms with E-state index in [2.05, 4.69) is 33.8 Å². The second-order valence-electron chi connectivity index (χ2n) is 20.5. The van der Waals surface area contributed by atoms with Crippen molar-refractivity contribution in [2.24, 2.45) is 45.3 Å². The molecule has 0 spiro atoms. The van der Waals surface area contributed by atoms with Gasteiger partial charge >= 0.3 is 0 Å². The molecule has 58 heavy (non-hydrogen) atoms. The molecule has 0 bridgehead atoms. The molecule has 0 aromatic heterocycles. The van der Waals surface area contributed by atoms with Crippen molar-refractivity contribution in [2.45, 2.75) is 192 Å². The highest BCUT2D eigenvalue weighted by Crippen LogP contribution is 2.75. The molecule has 0 aromatic carbocycles. The van der Waals surface area contributed by atoms with Gasteiger partial charge in [-0.15, -0.1) is 0 Å². The Morgan fingerprint density at radius 1 is 0.897 bits per heavy atom. The van der Waals surface area contributed by atoms with Crippen molar-refractivity contribution in [3.05, 3.63) is 21.8 Å².